The minimum Gasteiger partial charge on any atom is -0.390 e. The number of pyridine rings is 1. The van der Waals surface area contributed by atoms with E-state index in [-0.39, 0.29) is 6.61 Å². The van der Waals surface area contributed by atoms with E-state index in [0.717, 1.165) is 24.0 Å². The number of hydrogen-bond donors (Lipinski definition) is 1. The monoisotopic (exact) mass is 204 g/mol. The van der Waals surface area contributed by atoms with E-state index in [4.69, 9.17) is 5.11 Å². The lowest BCUT2D eigenvalue weighted by molar-refractivity contribution is 0.277. The van der Waals surface area contributed by atoms with Gasteiger partial charge in [0, 0.05) is 12.6 Å². The first kappa shape index (κ1) is 9.16. The van der Waals surface area contributed by atoms with Crippen molar-refractivity contribution in [1.82, 2.24) is 4.98 Å². The molecule has 80 valence electrons. The number of anilines is 1. The van der Waals surface area contributed by atoms with Crippen LogP contribution in [0.15, 0.2) is 18.2 Å². The molecule has 15 heavy (non-hydrogen) atoms. The van der Waals surface area contributed by atoms with Gasteiger partial charge in [-0.05, 0) is 37.3 Å². The Morgan fingerprint density at radius 3 is 3.00 bits per heavy atom. The summed E-state index contributed by atoms with van der Waals surface area (Å²) in [5.41, 5.74) is 0.773. The Bertz CT molecular complexity index is 366. The molecule has 2 bridgehead atoms. The minimum atomic E-state index is 0.0375. The number of aliphatic hydroxyl groups is 1. The van der Waals surface area contributed by atoms with Gasteiger partial charge in [-0.2, -0.15) is 0 Å². The smallest absolute Gasteiger partial charge is 0.129 e. The van der Waals surface area contributed by atoms with E-state index >= 15 is 0 Å². The van der Waals surface area contributed by atoms with Crippen molar-refractivity contribution < 1.29 is 5.11 Å². The molecule has 1 N–H and O–H groups in total. The molecule has 0 spiro atoms. The molecule has 1 aliphatic heterocycles. The molecule has 2 fully saturated rings. The van der Waals surface area contributed by atoms with Crippen LogP contribution in [-0.4, -0.2) is 22.7 Å². The first-order valence-electron chi connectivity index (χ1n) is 5.70. The molecular weight excluding hydrogens is 188 g/mol. The lowest BCUT2D eigenvalue weighted by atomic mass is 10.1. The first-order chi connectivity index (χ1) is 7.36. The Morgan fingerprint density at radius 1 is 1.40 bits per heavy atom. The fourth-order valence-corrected chi connectivity index (χ4v) is 2.92. The summed E-state index contributed by atoms with van der Waals surface area (Å²) in [6, 6.07) is 6.62. The van der Waals surface area contributed by atoms with Crippen molar-refractivity contribution >= 4 is 5.82 Å². The summed E-state index contributed by atoms with van der Waals surface area (Å²) in [6.45, 7) is 1.20. The van der Waals surface area contributed by atoms with Gasteiger partial charge < -0.3 is 10.0 Å². The van der Waals surface area contributed by atoms with Crippen LogP contribution in [0.4, 0.5) is 5.82 Å². The van der Waals surface area contributed by atoms with Gasteiger partial charge in [-0.1, -0.05) is 6.07 Å². The zero-order valence-electron chi connectivity index (χ0n) is 8.76. The highest BCUT2D eigenvalue weighted by Crippen LogP contribution is 2.39. The van der Waals surface area contributed by atoms with Crippen molar-refractivity contribution in [2.45, 2.75) is 31.9 Å². The average molecular weight is 204 g/mol. The van der Waals surface area contributed by atoms with Gasteiger partial charge in [0.05, 0.1) is 12.3 Å². The zero-order valence-corrected chi connectivity index (χ0v) is 8.76. The average Bonchev–Trinajstić information content (AvgIpc) is 2.91. The molecule has 1 aromatic heterocycles. The maximum absolute atomic E-state index is 9.06. The largest absolute Gasteiger partial charge is 0.390 e. The molecule has 3 rings (SSSR count). The van der Waals surface area contributed by atoms with Gasteiger partial charge in [0.1, 0.15) is 5.82 Å². The van der Waals surface area contributed by atoms with Gasteiger partial charge in [-0.15, -0.1) is 0 Å². The van der Waals surface area contributed by atoms with Gasteiger partial charge in [0.2, 0.25) is 0 Å². The first-order valence-corrected chi connectivity index (χ1v) is 5.70. The molecule has 2 heterocycles. The Labute approximate surface area is 89.7 Å². The van der Waals surface area contributed by atoms with E-state index in [2.05, 4.69) is 16.0 Å². The number of hydrogen-bond acceptors (Lipinski definition) is 3. The number of aromatic nitrogens is 1. The van der Waals surface area contributed by atoms with Crippen LogP contribution in [0.1, 0.15) is 25.0 Å². The van der Waals surface area contributed by atoms with E-state index in [1.807, 2.05) is 12.1 Å². The summed E-state index contributed by atoms with van der Waals surface area (Å²) in [6.07, 6.45) is 4.04. The van der Waals surface area contributed by atoms with Gasteiger partial charge >= 0.3 is 0 Å². The normalized spacial score (nSPS) is 28.7. The second kappa shape index (κ2) is 3.49. The minimum absolute atomic E-state index is 0.0375. The Hall–Kier alpha value is -1.09. The third-order valence-electron chi connectivity index (χ3n) is 3.66. The van der Waals surface area contributed by atoms with Crippen LogP contribution in [0.5, 0.6) is 0 Å². The van der Waals surface area contributed by atoms with E-state index in [9.17, 15) is 0 Å². The van der Waals surface area contributed by atoms with E-state index in [1.54, 1.807) is 0 Å². The van der Waals surface area contributed by atoms with E-state index in [0.29, 0.717) is 6.04 Å². The number of fused-ring (bicyclic) bond motifs is 2. The van der Waals surface area contributed by atoms with Gasteiger partial charge in [-0.3, -0.25) is 0 Å². The molecule has 0 radical (unpaired) electrons. The molecule has 1 aliphatic carbocycles. The third kappa shape index (κ3) is 1.51. The van der Waals surface area contributed by atoms with Gasteiger partial charge in [0.15, 0.2) is 0 Å². The standard InChI is InChI=1S/C12H16N2O/c15-8-10-2-1-3-12(13-10)14-7-9-4-5-11(14)6-9/h1-3,9,11,15H,4-8H2. The van der Waals surface area contributed by atoms with Crippen LogP contribution in [0.3, 0.4) is 0 Å². The molecule has 1 saturated heterocycles. The highest BCUT2D eigenvalue weighted by molar-refractivity contribution is 5.43. The summed E-state index contributed by atoms with van der Waals surface area (Å²) in [7, 11) is 0. The molecule has 1 saturated carbocycles. The molecule has 3 heteroatoms. The summed E-state index contributed by atoms with van der Waals surface area (Å²) in [5, 5.41) is 9.06. The summed E-state index contributed by atoms with van der Waals surface area (Å²) < 4.78 is 0. The van der Waals surface area contributed by atoms with Crippen molar-refractivity contribution in [2.75, 3.05) is 11.4 Å². The molecule has 3 nitrogen and oxygen atoms in total. The molecule has 0 amide bonds. The van der Waals surface area contributed by atoms with Gasteiger partial charge in [-0.25, -0.2) is 4.98 Å². The van der Waals surface area contributed by atoms with Crippen molar-refractivity contribution in [3.63, 3.8) is 0 Å². The highest BCUT2D eigenvalue weighted by atomic mass is 16.3. The number of piperidine rings is 1. The Kier molecular flexibility index (Phi) is 2.13. The molecule has 1 aromatic rings. The predicted molar refractivity (Wildman–Crippen MR) is 58.6 cm³/mol. The topological polar surface area (TPSA) is 36.4 Å². The van der Waals surface area contributed by atoms with E-state index in [1.165, 1.54) is 19.3 Å². The van der Waals surface area contributed by atoms with Crippen LogP contribution < -0.4 is 4.90 Å². The zero-order chi connectivity index (χ0) is 10.3. The fourth-order valence-electron chi connectivity index (χ4n) is 2.92. The van der Waals surface area contributed by atoms with Crippen molar-refractivity contribution in [3.8, 4) is 0 Å². The SMILES string of the molecule is OCc1cccc(N2CC3CCC2C3)n1. The summed E-state index contributed by atoms with van der Waals surface area (Å²) in [4.78, 5) is 6.88. The highest BCUT2D eigenvalue weighted by Gasteiger charge is 2.38. The quantitative estimate of drug-likeness (QED) is 0.794. The van der Waals surface area contributed by atoms with Crippen molar-refractivity contribution in [2.24, 2.45) is 5.92 Å². The lowest BCUT2D eigenvalue weighted by Gasteiger charge is -2.28. The number of aliphatic hydroxyl groups excluding tert-OH is 1. The van der Waals surface area contributed by atoms with Crippen LogP contribution in [-0.2, 0) is 6.61 Å². The number of rotatable bonds is 2. The van der Waals surface area contributed by atoms with Crippen LogP contribution in [0.25, 0.3) is 0 Å². The molecular formula is C12H16N2O. The summed E-state index contributed by atoms with van der Waals surface area (Å²) >= 11 is 0. The van der Waals surface area contributed by atoms with Crippen molar-refractivity contribution in [3.05, 3.63) is 23.9 Å². The second-order valence-electron chi connectivity index (χ2n) is 4.63. The maximum atomic E-state index is 9.06. The predicted octanol–water partition coefficient (Wildman–Crippen LogP) is 1.56. The van der Waals surface area contributed by atoms with E-state index < -0.39 is 0 Å². The molecule has 2 atom stereocenters. The van der Waals surface area contributed by atoms with Gasteiger partial charge in [0.25, 0.3) is 0 Å². The second-order valence-corrected chi connectivity index (χ2v) is 4.63. The summed E-state index contributed by atoms with van der Waals surface area (Å²) in [5.74, 6) is 1.93. The molecule has 2 aliphatic rings. The van der Waals surface area contributed by atoms with Crippen molar-refractivity contribution in [1.29, 1.82) is 0 Å². The molecule has 2 unspecified atom stereocenters. The fraction of sp³-hybridized carbons (Fsp3) is 0.583. The van der Waals surface area contributed by atoms with Crippen LogP contribution in [0, 0.1) is 5.92 Å². The van der Waals surface area contributed by atoms with Crippen LogP contribution >= 0.6 is 0 Å². The maximum Gasteiger partial charge on any atom is 0.129 e. The number of nitrogens with zero attached hydrogens (tertiary/aromatic N) is 2. The third-order valence-corrected chi connectivity index (χ3v) is 3.66. The molecule has 0 aromatic carbocycles. The Morgan fingerprint density at radius 2 is 2.33 bits per heavy atom. The Balaban J connectivity index is 1.86. The van der Waals surface area contributed by atoms with Crippen LogP contribution in [0.2, 0.25) is 0 Å². The lowest BCUT2D eigenvalue weighted by Crippen LogP contribution is -2.32.